The third-order valence-corrected chi connectivity index (χ3v) is 1.75. The zero-order valence-corrected chi connectivity index (χ0v) is 7.71. The lowest BCUT2D eigenvalue weighted by Gasteiger charge is -2.10. The highest BCUT2D eigenvalue weighted by Crippen LogP contribution is 2.13. The minimum atomic E-state index is -0.288. The van der Waals surface area contributed by atoms with Gasteiger partial charge in [0.1, 0.15) is 0 Å². The van der Waals surface area contributed by atoms with Gasteiger partial charge >= 0.3 is 5.97 Å². The van der Waals surface area contributed by atoms with Crippen molar-refractivity contribution in [2.45, 2.75) is 32.8 Å². The van der Waals surface area contributed by atoms with Crippen LogP contribution in [0.3, 0.4) is 0 Å². The van der Waals surface area contributed by atoms with Crippen LogP contribution in [0, 0.1) is 5.92 Å². The molecular formula is C9H16O3. The lowest BCUT2D eigenvalue weighted by molar-refractivity contribution is -0.155. The van der Waals surface area contributed by atoms with E-state index in [2.05, 4.69) is 0 Å². The van der Waals surface area contributed by atoms with Gasteiger partial charge < -0.3 is 9.47 Å². The van der Waals surface area contributed by atoms with Gasteiger partial charge in [0, 0.05) is 6.61 Å². The van der Waals surface area contributed by atoms with Crippen molar-refractivity contribution in [2.24, 2.45) is 5.92 Å². The van der Waals surface area contributed by atoms with E-state index in [1.54, 1.807) is 0 Å². The molecule has 70 valence electrons. The van der Waals surface area contributed by atoms with Gasteiger partial charge in [-0.3, -0.25) is 0 Å². The Kier molecular flexibility index (Phi) is 3.53. The third kappa shape index (κ3) is 2.81. The highest BCUT2D eigenvalue weighted by molar-refractivity contribution is 5.74. The molecule has 1 aliphatic heterocycles. The van der Waals surface area contributed by atoms with Crippen LogP contribution in [0.25, 0.3) is 0 Å². The number of hydrogen-bond donors (Lipinski definition) is 0. The molecule has 0 N–H and O–H groups in total. The van der Waals surface area contributed by atoms with Crippen molar-refractivity contribution in [1.29, 1.82) is 0 Å². The van der Waals surface area contributed by atoms with Gasteiger partial charge in [0.25, 0.3) is 0 Å². The lowest BCUT2D eigenvalue weighted by atomic mass is 10.2. The van der Waals surface area contributed by atoms with E-state index in [9.17, 15) is 4.79 Å². The minimum Gasteiger partial charge on any atom is -0.463 e. The van der Waals surface area contributed by atoms with E-state index in [-0.39, 0.29) is 12.1 Å². The summed E-state index contributed by atoms with van der Waals surface area (Å²) < 4.78 is 10.2. The number of ether oxygens (including phenoxy) is 2. The first-order valence-electron chi connectivity index (χ1n) is 4.48. The van der Waals surface area contributed by atoms with Crippen LogP contribution in [-0.2, 0) is 14.3 Å². The molecule has 1 saturated heterocycles. The highest BCUT2D eigenvalue weighted by atomic mass is 16.6. The summed E-state index contributed by atoms with van der Waals surface area (Å²) >= 11 is 0. The summed E-state index contributed by atoms with van der Waals surface area (Å²) in [6.07, 6.45) is 1.50. The van der Waals surface area contributed by atoms with E-state index in [4.69, 9.17) is 9.47 Å². The van der Waals surface area contributed by atoms with Crippen LogP contribution < -0.4 is 0 Å². The van der Waals surface area contributed by atoms with Crippen LogP contribution >= 0.6 is 0 Å². The van der Waals surface area contributed by atoms with Crippen LogP contribution in [0.5, 0.6) is 0 Å². The van der Waals surface area contributed by atoms with E-state index in [1.165, 1.54) is 0 Å². The Balaban J connectivity index is 2.18. The highest BCUT2D eigenvalue weighted by Gasteiger charge is 2.24. The predicted molar refractivity (Wildman–Crippen MR) is 44.8 cm³/mol. The van der Waals surface area contributed by atoms with Crippen LogP contribution in [-0.4, -0.2) is 25.3 Å². The van der Waals surface area contributed by atoms with E-state index < -0.39 is 0 Å². The maximum absolute atomic E-state index is 11.2. The van der Waals surface area contributed by atoms with Crippen LogP contribution in [0.4, 0.5) is 0 Å². The number of carbonyl (C=O) groups excluding carboxylic acids is 1. The molecular weight excluding hydrogens is 156 g/mol. The first-order chi connectivity index (χ1) is 5.70. The van der Waals surface area contributed by atoms with E-state index >= 15 is 0 Å². The molecule has 1 fully saturated rings. The first-order valence-corrected chi connectivity index (χ1v) is 4.48. The second kappa shape index (κ2) is 4.45. The van der Waals surface area contributed by atoms with Gasteiger partial charge in [-0.1, -0.05) is 13.8 Å². The fourth-order valence-electron chi connectivity index (χ4n) is 1.11. The quantitative estimate of drug-likeness (QED) is 0.603. The first kappa shape index (κ1) is 9.52. The van der Waals surface area contributed by atoms with Crippen molar-refractivity contribution >= 4 is 5.97 Å². The summed E-state index contributed by atoms with van der Waals surface area (Å²) in [6.45, 7) is 5.23. The van der Waals surface area contributed by atoms with Gasteiger partial charge in [-0.2, -0.15) is 0 Å². The van der Waals surface area contributed by atoms with E-state index in [1.807, 2.05) is 13.8 Å². The number of esters is 1. The molecule has 1 aliphatic rings. The number of hydrogen-bond acceptors (Lipinski definition) is 3. The summed E-state index contributed by atoms with van der Waals surface area (Å²) in [5.74, 6) is 0.205. The van der Waals surface area contributed by atoms with Crippen molar-refractivity contribution in [3.63, 3.8) is 0 Å². The molecule has 3 heteroatoms. The summed E-state index contributed by atoms with van der Waals surface area (Å²) in [5, 5.41) is 0. The van der Waals surface area contributed by atoms with Gasteiger partial charge in [-0.25, -0.2) is 4.79 Å². The van der Waals surface area contributed by atoms with Gasteiger partial charge in [0.05, 0.1) is 6.61 Å². The van der Waals surface area contributed by atoms with Crippen LogP contribution in [0.15, 0.2) is 0 Å². The molecule has 0 aromatic heterocycles. The van der Waals surface area contributed by atoms with Gasteiger partial charge in [0.2, 0.25) is 0 Å². The monoisotopic (exact) mass is 172 g/mol. The summed E-state index contributed by atoms with van der Waals surface area (Å²) in [5.41, 5.74) is 0. The standard InChI is InChI=1S/C9H16O3/c1-7(2)6-12-9(10)8-4-3-5-11-8/h7-8H,3-6H2,1-2H3. The Hall–Kier alpha value is -0.570. The molecule has 0 aromatic rings. The van der Waals surface area contributed by atoms with Crippen molar-refractivity contribution in [2.75, 3.05) is 13.2 Å². The Morgan fingerprint density at radius 1 is 1.67 bits per heavy atom. The zero-order chi connectivity index (χ0) is 8.97. The number of carbonyl (C=O) groups is 1. The van der Waals surface area contributed by atoms with Crippen molar-refractivity contribution in [3.8, 4) is 0 Å². The van der Waals surface area contributed by atoms with Gasteiger partial charge in [-0.05, 0) is 18.8 Å². The molecule has 1 heterocycles. The Morgan fingerprint density at radius 3 is 2.92 bits per heavy atom. The lowest BCUT2D eigenvalue weighted by Crippen LogP contribution is -2.23. The largest absolute Gasteiger partial charge is 0.463 e. The molecule has 0 saturated carbocycles. The molecule has 0 radical (unpaired) electrons. The normalized spacial score (nSPS) is 23.1. The van der Waals surface area contributed by atoms with Crippen LogP contribution in [0.2, 0.25) is 0 Å². The molecule has 0 aromatic carbocycles. The maximum Gasteiger partial charge on any atom is 0.335 e. The Bertz CT molecular complexity index is 148. The Morgan fingerprint density at radius 2 is 2.42 bits per heavy atom. The molecule has 0 spiro atoms. The molecule has 12 heavy (non-hydrogen) atoms. The SMILES string of the molecule is CC(C)COC(=O)C1CCCO1. The summed E-state index contributed by atoms with van der Waals surface area (Å²) in [6, 6.07) is 0. The number of rotatable bonds is 3. The maximum atomic E-state index is 11.2. The third-order valence-electron chi connectivity index (χ3n) is 1.75. The van der Waals surface area contributed by atoms with Crippen molar-refractivity contribution in [3.05, 3.63) is 0 Å². The van der Waals surface area contributed by atoms with Crippen molar-refractivity contribution in [1.82, 2.24) is 0 Å². The molecule has 1 atom stereocenters. The molecule has 1 unspecified atom stereocenters. The molecule has 0 amide bonds. The smallest absolute Gasteiger partial charge is 0.335 e. The van der Waals surface area contributed by atoms with E-state index in [0.29, 0.717) is 19.1 Å². The fraction of sp³-hybridized carbons (Fsp3) is 0.889. The molecule has 1 rings (SSSR count). The summed E-state index contributed by atoms with van der Waals surface area (Å²) in [7, 11) is 0. The van der Waals surface area contributed by atoms with Crippen molar-refractivity contribution < 1.29 is 14.3 Å². The molecule has 0 bridgehead atoms. The zero-order valence-electron chi connectivity index (χ0n) is 7.71. The second-order valence-electron chi connectivity index (χ2n) is 3.53. The fourth-order valence-corrected chi connectivity index (χ4v) is 1.11. The van der Waals surface area contributed by atoms with Gasteiger partial charge in [-0.15, -0.1) is 0 Å². The average molecular weight is 172 g/mol. The summed E-state index contributed by atoms with van der Waals surface area (Å²) in [4.78, 5) is 11.2. The topological polar surface area (TPSA) is 35.5 Å². The van der Waals surface area contributed by atoms with E-state index in [0.717, 1.165) is 12.8 Å². The average Bonchev–Trinajstić information content (AvgIpc) is 2.51. The minimum absolute atomic E-state index is 0.193. The van der Waals surface area contributed by atoms with Gasteiger partial charge in [0.15, 0.2) is 6.10 Å². The predicted octanol–water partition coefficient (Wildman–Crippen LogP) is 1.36. The van der Waals surface area contributed by atoms with Crippen LogP contribution in [0.1, 0.15) is 26.7 Å². The Labute approximate surface area is 73.0 Å². The molecule has 3 nitrogen and oxygen atoms in total. The molecule has 0 aliphatic carbocycles. The second-order valence-corrected chi connectivity index (χ2v) is 3.53.